The largest absolute Gasteiger partial charge is 0.378 e. The molecule has 2 rings (SSSR count). The van der Waals surface area contributed by atoms with Crippen molar-refractivity contribution in [2.24, 2.45) is 4.99 Å². The van der Waals surface area contributed by atoms with Gasteiger partial charge in [0.15, 0.2) is 0 Å². The lowest BCUT2D eigenvalue weighted by atomic mass is 10.2. The van der Waals surface area contributed by atoms with E-state index in [1.54, 1.807) is 6.08 Å². The first-order valence-electron chi connectivity index (χ1n) is 4.91. The summed E-state index contributed by atoms with van der Waals surface area (Å²) in [5.74, 6) is 0. The van der Waals surface area contributed by atoms with Gasteiger partial charge in [-0.05, 0) is 12.1 Å². The second-order valence-corrected chi connectivity index (χ2v) is 3.29. The number of morpholine rings is 1. The molecule has 1 saturated heterocycles. The van der Waals surface area contributed by atoms with E-state index in [4.69, 9.17) is 4.74 Å². The summed E-state index contributed by atoms with van der Waals surface area (Å²) in [6.45, 7) is 3.12. The van der Waals surface area contributed by atoms with Crippen LogP contribution in [0.4, 0.5) is 11.4 Å². The van der Waals surface area contributed by atoms with E-state index < -0.39 is 0 Å². The molecule has 1 aromatic rings. The molecule has 1 fully saturated rings. The summed E-state index contributed by atoms with van der Waals surface area (Å²) in [6, 6.07) is 7.58. The highest BCUT2D eigenvalue weighted by molar-refractivity contribution is 5.69. The number of isocyanates is 1. The summed E-state index contributed by atoms with van der Waals surface area (Å²) in [4.78, 5) is 16.1. The lowest BCUT2D eigenvalue weighted by Gasteiger charge is -2.29. The van der Waals surface area contributed by atoms with E-state index in [2.05, 4.69) is 9.89 Å². The third-order valence-electron chi connectivity index (χ3n) is 2.40. The van der Waals surface area contributed by atoms with Gasteiger partial charge in [-0.15, -0.1) is 0 Å². The van der Waals surface area contributed by atoms with Gasteiger partial charge in [0.05, 0.1) is 24.6 Å². The average molecular weight is 204 g/mol. The van der Waals surface area contributed by atoms with E-state index in [9.17, 15) is 4.79 Å². The minimum Gasteiger partial charge on any atom is -0.378 e. The molecule has 0 aromatic heterocycles. The maximum absolute atomic E-state index is 10.3. The fraction of sp³-hybridized carbons (Fsp3) is 0.364. The molecular weight excluding hydrogens is 192 g/mol. The molecule has 4 heteroatoms. The van der Waals surface area contributed by atoms with Crippen LogP contribution in [0, 0.1) is 0 Å². The predicted molar refractivity (Wildman–Crippen MR) is 57.3 cm³/mol. The molecule has 4 nitrogen and oxygen atoms in total. The van der Waals surface area contributed by atoms with Gasteiger partial charge < -0.3 is 9.64 Å². The SMILES string of the molecule is O=C=Nc1ccccc1N1CCOCC1. The topological polar surface area (TPSA) is 41.9 Å². The minimum atomic E-state index is 0.675. The summed E-state index contributed by atoms with van der Waals surface area (Å²) < 4.78 is 5.27. The van der Waals surface area contributed by atoms with Crippen molar-refractivity contribution in [3.8, 4) is 0 Å². The monoisotopic (exact) mass is 204 g/mol. The molecule has 1 aromatic carbocycles. The van der Waals surface area contributed by atoms with Crippen molar-refractivity contribution >= 4 is 17.5 Å². The summed E-state index contributed by atoms with van der Waals surface area (Å²) in [7, 11) is 0. The molecule has 15 heavy (non-hydrogen) atoms. The van der Waals surface area contributed by atoms with E-state index in [0.29, 0.717) is 5.69 Å². The highest BCUT2D eigenvalue weighted by Crippen LogP contribution is 2.28. The van der Waals surface area contributed by atoms with Crippen LogP contribution >= 0.6 is 0 Å². The number of hydrogen-bond acceptors (Lipinski definition) is 4. The molecule has 1 aliphatic heterocycles. The van der Waals surface area contributed by atoms with Crippen molar-refractivity contribution in [2.75, 3.05) is 31.2 Å². The fourth-order valence-corrected chi connectivity index (χ4v) is 1.68. The van der Waals surface area contributed by atoms with Crippen LogP contribution in [0.15, 0.2) is 29.3 Å². The quantitative estimate of drug-likeness (QED) is 0.541. The Morgan fingerprint density at radius 1 is 1.27 bits per heavy atom. The number of ether oxygens (including phenoxy) is 1. The van der Waals surface area contributed by atoms with Gasteiger partial charge in [-0.25, -0.2) is 4.79 Å². The van der Waals surface area contributed by atoms with E-state index in [1.165, 1.54) is 0 Å². The van der Waals surface area contributed by atoms with Crippen molar-refractivity contribution in [1.82, 2.24) is 0 Å². The Morgan fingerprint density at radius 3 is 2.73 bits per heavy atom. The molecule has 0 atom stereocenters. The standard InChI is InChI=1S/C11H12N2O2/c14-9-12-10-3-1-2-4-11(10)13-5-7-15-8-6-13/h1-4H,5-8H2. The summed E-state index contributed by atoms with van der Waals surface area (Å²) in [5, 5.41) is 0. The van der Waals surface area contributed by atoms with Crippen LogP contribution in [-0.2, 0) is 9.53 Å². The van der Waals surface area contributed by atoms with Crippen LogP contribution in [0.25, 0.3) is 0 Å². The second-order valence-electron chi connectivity index (χ2n) is 3.29. The van der Waals surface area contributed by atoms with E-state index >= 15 is 0 Å². The molecule has 0 unspecified atom stereocenters. The molecule has 0 bridgehead atoms. The van der Waals surface area contributed by atoms with Gasteiger partial charge in [-0.1, -0.05) is 12.1 Å². The van der Waals surface area contributed by atoms with Crippen molar-refractivity contribution < 1.29 is 9.53 Å². The molecule has 1 heterocycles. The van der Waals surface area contributed by atoms with Gasteiger partial charge in [-0.2, -0.15) is 4.99 Å². The number of aliphatic imine (C=N–C) groups is 1. The summed E-state index contributed by atoms with van der Waals surface area (Å²) in [5.41, 5.74) is 1.65. The van der Waals surface area contributed by atoms with Crippen molar-refractivity contribution in [3.63, 3.8) is 0 Å². The number of hydrogen-bond donors (Lipinski definition) is 0. The lowest BCUT2D eigenvalue weighted by molar-refractivity contribution is 0.123. The maximum atomic E-state index is 10.3. The predicted octanol–water partition coefficient (Wildman–Crippen LogP) is 1.49. The van der Waals surface area contributed by atoms with Gasteiger partial charge in [0.25, 0.3) is 0 Å². The van der Waals surface area contributed by atoms with Crippen LogP contribution < -0.4 is 4.90 Å². The normalized spacial score (nSPS) is 15.9. The smallest absolute Gasteiger partial charge is 0.240 e. The third-order valence-corrected chi connectivity index (χ3v) is 2.40. The van der Waals surface area contributed by atoms with Crippen molar-refractivity contribution in [3.05, 3.63) is 24.3 Å². The Labute approximate surface area is 88.2 Å². The van der Waals surface area contributed by atoms with Crippen LogP contribution in [0.1, 0.15) is 0 Å². The highest BCUT2D eigenvalue weighted by atomic mass is 16.5. The van der Waals surface area contributed by atoms with Crippen LogP contribution in [0.3, 0.4) is 0 Å². The molecule has 0 saturated carbocycles. The molecule has 0 N–H and O–H groups in total. The molecule has 0 spiro atoms. The van der Waals surface area contributed by atoms with Gasteiger partial charge in [-0.3, -0.25) is 0 Å². The number of anilines is 1. The van der Waals surface area contributed by atoms with Gasteiger partial charge in [0.2, 0.25) is 6.08 Å². The molecular formula is C11H12N2O2. The zero-order valence-corrected chi connectivity index (χ0v) is 8.35. The first-order chi connectivity index (χ1) is 7.42. The van der Waals surface area contributed by atoms with Crippen LogP contribution in [-0.4, -0.2) is 32.4 Å². The first kappa shape index (κ1) is 9.90. The Morgan fingerprint density at radius 2 is 2.00 bits per heavy atom. The Balaban J connectivity index is 2.28. The number of carbonyl (C=O) groups excluding carboxylic acids is 1. The second kappa shape index (κ2) is 4.73. The molecule has 1 aliphatic rings. The number of benzene rings is 1. The zero-order valence-electron chi connectivity index (χ0n) is 8.35. The summed E-state index contributed by atoms with van der Waals surface area (Å²) >= 11 is 0. The van der Waals surface area contributed by atoms with E-state index in [0.717, 1.165) is 32.0 Å². The Bertz CT molecular complexity index is 380. The fourth-order valence-electron chi connectivity index (χ4n) is 1.68. The molecule has 0 amide bonds. The zero-order chi connectivity index (χ0) is 10.5. The molecule has 0 radical (unpaired) electrons. The average Bonchev–Trinajstić information content (AvgIpc) is 2.31. The van der Waals surface area contributed by atoms with E-state index in [1.807, 2.05) is 24.3 Å². The number of para-hydroxylation sites is 2. The lowest BCUT2D eigenvalue weighted by Crippen LogP contribution is -2.36. The van der Waals surface area contributed by atoms with Gasteiger partial charge >= 0.3 is 0 Å². The first-order valence-corrected chi connectivity index (χ1v) is 4.91. The third kappa shape index (κ3) is 2.24. The Hall–Kier alpha value is -1.64. The van der Waals surface area contributed by atoms with Gasteiger partial charge in [0, 0.05) is 13.1 Å². The number of nitrogens with zero attached hydrogens (tertiary/aromatic N) is 2. The van der Waals surface area contributed by atoms with Crippen molar-refractivity contribution in [1.29, 1.82) is 0 Å². The summed E-state index contributed by atoms with van der Waals surface area (Å²) in [6.07, 6.45) is 1.58. The van der Waals surface area contributed by atoms with E-state index in [-0.39, 0.29) is 0 Å². The van der Waals surface area contributed by atoms with Crippen molar-refractivity contribution in [2.45, 2.75) is 0 Å². The molecule has 0 aliphatic carbocycles. The van der Waals surface area contributed by atoms with Crippen LogP contribution in [0.5, 0.6) is 0 Å². The van der Waals surface area contributed by atoms with Crippen LogP contribution in [0.2, 0.25) is 0 Å². The number of rotatable bonds is 2. The highest BCUT2D eigenvalue weighted by Gasteiger charge is 2.13. The molecule has 78 valence electrons. The maximum Gasteiger partial charge on any atom is 0.240 e. The Kier molecular flexibility index (Phi) is 3.12. The minimum absolute atomic E-state index is 0.675. The van der Waals surface area contributed by atoms with Gasteiger partial charge in [0.1, 0.15) is 0 Å².